The van der Waals surface area contributed by atoms with Gasteiger partial charge in [0, 0.05) is 52.6 Å². The van der Waals surface area contributed by atoms with Gasteiger partial charge in [-0.2, -0.15) is 16.4 Å². The predicted octanol–water partition coefficient (Wildman–Crippen LogP) is 4.35. The summed E-state index contributed by atoms with van der Waals surface area (Å²) in [6.07, 6.45) is 7.37. The fourth-order valence-electron chi connectivity index (χ4n) is 4.00. The fraction of sp³-hybridized carbons (Fsp3) is 0.120. The first-order valence-electron chi connectivity index (χ1n) is 11.1. The van der Waals surface area contributed by atoms with Crippen LogP contribution < -0.4 is 10.7 Å². The van der Waals surface area contributed by atoms with Crippen molar-refractivity contribution in [3.63, 3.8) is 0 Å². The minimum atomic E-state index is -0.0657. The van der Waals surface area contributed by atoms with Gasteiger partial charge in [0.25, 0.3) is 0 Å². The Bertz CT molecular complexity index is 1590. The molecule has 0 atom stereocenters. The van der Waals surface area contributed by atoms with Crippen molar-refractivity contribution in [2.45, 2.75) is 19.9 Å². The smallest absolute Gasteiger partial charge is 0.224 e. The summed E-state index contributed by atoms with van der Waals surface area (Å²) in [7, 11) is 0. The Morgan fingerprint density at radius 3 is 2.94 bits per heavy atom. The largest absolute Gasteiger partial charge is 0.336 e. The lowest BCUT2D eigenvalue weighted by Crippen LogP contribution is -2.22. The van der Waals surface area contributed by atoms with Crippen LogP contribution in [0.4, 0.5) is 5.69 Å². The summed E-state index contributed by atoms with van der Waals surface area (Å²) >= 11 is 1.63. The highest BCUT2D eigenvalue weighted by atomic mass is 32.1. The molecule has 0 saturated carbocycles. The van der Waals surface area contributed by atoms with Crippen LogP contribution in [-0.4, -0.2) is 36.5 Å². The van der Waals surface area contributed by atoms with Gasteiger partial charge in [0.1, 0.15) is 11.2 Å². The molecule has 0 aromatic carbocycles. The molecule has 1 amide bonds. The van der Waals surface area contributed by atoms with Gasteiger partial charge in [-0.05, 0) is 29.6 Å². The van der Waals surface area contributed by atoms with Crippen molar-refractivity contribution in [1.82, 2.24) is 30.3 Å². The summed E-state index contributed by atoms with van der Waals surface area (Å²) in [6, 6.07) is 7.81. The summed E-state index contributed by atoms with van der Waals surface area (Å²) in [5.74, 6) is 0.584. The monoisotopic (exact) mass is 480 g/mol. The first-order valence-corrected chi connectivity index (χ1v) is 12.1. The van der Waals surface area contributed by atoms with Gasteiger partial charge in [-0.1, -0.05) is 6.92 Å². The van der Waals surface area contributed by atoms with Crippen molar-refractivity contribution in [2.75, 3.05) is 5.32 Å². The molecular weight excluding hydrogens is 460 g/mol. The number of carbonyl (C=O) groups is 1. The molecule has 0 radical (unpaired) electrons. The summed E-state index contributed by atoms with van der Waals surface area (Å²) < 4.78 is 0. The number of imidazole rings is 1. The van der Waals surface area contributed by atoms with Crippen LogP contribution >= 0.6 is 11.3 Å². The van der Waals surface area contributed by atoms with Crippen LogP contribution in [0.25, 0.3) is 33.5 Å². The second kappa shape index (κ2) is 8.73. The highest BCUT2D eigenvalue weighted by Gasteiger charge is 2.22. The van der Waals surface area contributed by atoms with E-state index < -0.39 is 0 Å². The van der Waals surface area contributed by atoms with Crippen LogP contribution in [0.15, 0.2) is 64.9 Å². The fourth-order valence-corrected chi connectivity index (χ4v) is 4.64. The number of nitrogens with one attached hydrogen (secondary N) is 3. The van der Waals surface area contributed by atoms with Gasteiger partial charge in [-0.25, -0.2) is 4.98 Å². The molecule has 6 rings (SSSR count). The maximum atomic E-state index is 11.8. The number of carbonyl (C=O) groups excluding carboxylic acids is 1. The van der Waals surface area contributed by atoms with E-state index in [1.54, 1.807) is 29.9 Å². The van der Waals surface area contributed by atoms with Crippen LogP contribution in [0, 0.1) is 0 Å². The number of fused-ring (bicyclic) bond motifs is 2. The number of hydrogen-bond donors (Lipinski definition) is 3. The number of pyridine rings is 3. The topological polar surface area (TPSA) is 121 Å². The Labute approximate surface area is 204 Å². The number of hydrogen-bond acceptors (Lipinski definition) is 8. The number of rotatable bonds is 5. The Hall–Kier alpha value is -4.44. The summed E-state index contributed by atoms with van der Waals surface area (Å²) in [5, 5.41) is 11.5. The molecule has 3 N–H and O–H groups in total. The van der Waals surface area contributed by atoms with Crippen molar-refractivity contribution in [3.05, 3.63) is 76.8 Å². The number of hydrazone groups is 1. The van der Waals surface area contributed by atoms with E-state index in [4.69, 9.17) is 4.98 Å². The van der Waals surface area contributed by atoms with Gasteiger partial charge in [0.15, 0.2) is 5.82 Å². The molecule has 35 heavy (non-hydrogen) atoms. The van der Waals surface area contributed by atoms with Crippen LogP contribution in [0.3, 0.4) is 0 Å². The van der Waals surface area contributed by atoms with E-state index in [9.17, 15) is 4.79 Å². The van der Waals surface area contributed by atoms with E-state index in [1.165, 1.54) is 0 Å². The molecule has 0 unspecified atom stereocenters. The van der Waals surface area contributed by atoms with Crippen molar-refractivity contribution in [3.8, 4) is 22.5 Å². The number of thiophene rings is 1. The molecular formula is C25H20N8OS. The molecule has 6 heterocycles. The van der Waals surface area contributed by atoms with Crippen molar-refractivity contribution in [1.29, 1.82) is 0 Å². The van der Waals surface area contributed by atoms with E-state index in [1.807, 2.05) is 42.8 Å². The SMILES string of the molecule is CCC(=O)Nc1cncc(-c2cc3c(cn2)CNN=C3c2nc3c(-c4ccsc4)nccc3[nH]2)c1. The average molecular weight is 481 g/mol. The van der Waals surface area contributed by atoms with Crippen molar-refractivity contribution >= 4 is 39.7 Å². The van der Waals surface area contributed by atoms with E-state index in [0.29, 0.717) is 30.2 Å². The van der Waals surface area contributed by atoms with Gasteiger partial charge >= 0.3 is 0 Å². The van der Waals surface area contributed by atoms with Crippen LogP contribution in [-0.2, 0) is 11.3 Å². The van der Waals surface area contributed by atoms with E-state index in [0.717, 1.165) is 44.7 Å². The number of H-pyrrole nitrogens is 1. The van der Waals surface area contributed by atoms with E-state index in [2.05, 4.69) is 41.2 Å². The number of aromatic amines is 1. The van der Waals surface area contributed by atoms with Gasteiger partial charge in [-0.15, -0.1) is 0 Å². The Morgan fingerprint density at radius 2 is 2.09 bits per heavy atom. The second-order valence-corrected chi connectivity index (χ2v) is 8.82. The standard InChI is InChI=1S/C25H20N8OS/c1-2-21(34)30-17-7-15(9-26-12-17)20-8-18-16(10-28-20)11-29-33-23(18)25-31-19-3-5-27-22(24(19)32-25)14-4-6-35-13-14/h3-10,12-13,29H,2,11H2,1H3,(H,30,34)(H,31,32). The Morgan fingerprint density at radius 1 is 1.14 bits per heavy atom. The number of amides is 1. The van der Waals surface area contributed by atoms with Gasteiger partial charge in [0.05, 0.1) is 35.3 Å². The van der Waals surface area contributed by atoms with E-state index in [-0.39, 0.29) is 5.91 Å². The minimum Gasteiger partial charge on any atom is -0.336 e. The molecule has 0 aliphatic carbocycles. The van der Waals surface area contributed by atoms with Crippen molar-refractivity contribution < 1.29 is 4.79 Å². The lowest BCUT2D eigenvalue weighted by Gasteiger charge is -2.17. The third-order valence-electron chi connectivity index (χ3n) is 5.76. The summed E-state index contributed by atoms with van der Waals surface area (Å²) in [6.45, 7) is 2.38. The summed E-state index contributed by atoms with van der Waals surface area (Å²) in [4.78, 5) is 33.6. The molecule has 5 aromatic heterocycles. The maximum absolute atomic E-state index is 11.8. The average Bonchev–Trinajstić information content (AvgIpc) is 3.58. The third kappa shape index (κ3) is 3.93. The molecule has 5 aromatic rings. The second-order valence-electron chi connectivity index (χ2n) is 8.04. The number of aromatic nitrogens is 5. The first kappa shape index (κ1) is 21.1. The zero-order chi connectivity index (χ0) is 23.8. The minimum absolute atomic E-state index is 0.0657. The molecule has 1 aliphatic heterocycles. The summed E-state index contributed by atoms with van der Waals surface area (Å²) in [5.41, 5.74) is 11.5. The third-order valence-corrected chi connectivity index (χ3v) is 6.44. The van der Waals surface area contributed by atoms with Gasteiger partial charge in [0.2, 0.25) is 5.91 Å². The Balaban J connectivity index is 1.41. The number of anilines is 1. The van der Waals surface area contributed by atoms with Crippen LogP contribution in [0.5, 0.6) is 0 Å². The maximum Gasteiger partial charge on any atom is 0.224 e. The Kier molecular flexibility index (Phi) is 5.27. The van der Waals surface area contributed by atoms with Crippen molar-refractivity contribution in [2.24, 2.45) is 5.10 Å². The van der Waals surface area contributed by atoms with Crippen LogP contribution in [0.2, 0.25) is 0 Å². The highest BCUT2D eigenvalue weighted by molar-refractivity contribution is 7.08. The normalized spacial score (nSPS) is 12.7. The molecule has 172 valence electrons. The number of nitrogens with zero attached hydrogens (tertiary/aromatic N) is 5. The molecule has 0 spiro atoms. The first-order chi connectivity index (χ1) is 17.2. The van der Waals surface area contributed by atoms with Crippen LogP contribution in [0.1, 0.15) is 30.3 Å². The highest BCUT2D eigenvalue weighted by Crippen LogP contribution is 2.29. The van der Waals surface area contributed by atoms with Gasteiger partial charge in [-0.3, -0.25) is 19.7 Å². The molecule has 9 nitrogen and oxygen atoms in total. The quantitative estimate of drug-likeness (QED) is 0.344. The lowest BCUT2D eigenvalue weighted by molar-refractivity contribution is -0.115. The zero-order valence-electron chi connectivity index (χ0n) is 18.7. The molecule has 0 bridgehead atoms. The van der Waals surface area contributed by atoms with E-state index >= 15 is 0 Å². The predicted molar refractivity (Wildman–Crippen MR) is 136 cm³/mol. The molecule has 0 fully saturated rings. The van der Waals surface area contributed by atoms with Gasteiger partial charge < -0.3 is 15.7 Å². The molecule has 1 aliphatic rings. The molecule has 10 heteroatoms. The lowest BCUT2D eigenvalue weighted by atomic mass is 10.0. The zero-order valence-corrected chi connectivity index (χ0v) is 19.6. The molecule has 0 saturated heterocycles.